The van der Waals surface area contributed by atoms with Crippen molar-refractivity contribution in [2.24, 2.45) is 0 Å². The lowest BCUT2D eigenvalue weighted by Crippen LogP contribution is -2.03. The van der Waals surface area contributed by atoms with Gasteiger partial charge in [-0.25, -0.2) is 0 Å². The molecule has 0 radical (unpaired) electrons. The summed E-state index contributed by atoms with van der Waals surface area (Å²) < 4.78 is 0. The van der Waals surface area contributed by atoms with Gasteiger partial charge in [-0.15, -0.1) is 12.4 Å². The number of hydrogen-bond donors (Lipinski definition) is 1. The first kappa shape index (κ1) is 13.3. The van der Waals surface area contributed by atoms with Crippen LogP contribution in [0.15, 0.2) is 54.6 Å². The van der Waals surface area contributed by atoms with Gasteiger partial charge in [0.15, 0.2) is 5.78 Å². The van der Waals surface area contributed by atoms with Gasteiger partial charge >= 0.3 is 0 Å². The summed E-state index contributed by atoms with van der Waals surface area (Å²) in [5, 5.41) is 0. The minimum atomic E-state index is 0. The molecule has 0 unspecified atom stereocenters. The summed E-state index contributed by atoms with van der Waals surface area (Å²) in [5.41, 5.74) is 8.05. The molecule has 0 saturated heterocycles. The molecule has 2 nitrogen and oxygen atoms in total. The summed E-state index contributed by atoms with van der Waals surface area (Å²) in [5.74, 6) is 0.117. The summed E-state index contributed by atoms with van der Waals surface area (Å²) in [6, 6.07) is 16.7. The fourth-order valence-electron chi connectivity index (χ4n) is 1.61. The molecule has 2 aromatic rings. The van der Waals surface area contributed by atoms with E-state index >= 15 is 0 Å². The fraction of sp³-hybridized carbons (Fsp3) is 0.0714. The molecule has 0 fully saturated rings. The quantitative estimate of drug-likeness (QED) is 0.669. The van der Waals surface area contributed by atoms with Gasteiger partial charge in [0.25, 0.3) is 0 Å². The molecule has 17 heavy (non-hydrogen) atoms. The molecule has 0 spiro atoms. The van der Waals surface area contributed by atoms with Crippen LogP contribution in [0.1, 0.15) is 15.9 Å². The Bertz CT molecular complexity index is 497. The number of benzene rings is 2. The van der Waals surface area contributed by atoms with E-state index in [4.69, 9.17) is 5.73 Å². The molecule has 2 rings (SSSR count). The molecule has 2 aromatic carbocycles. The minimum Gasteiger partial charge on any atom is -0.399 e. The van der Waals surface area contributed by atoms with Gasteiger partial charge in [0, 0.05) is 17.7 Å². The Morgan fingerprint density at radius 3 is 2.35 bits per heavy atom. The molecule has 0 saturated carbocycles. The molecule has 0 aliphatic carbocycles. The van der Waals surface area contributed by atoms with Crippen molar-refractivity contribution in [1.82, 2.24) is 0 Å². The zero-order chi connectivity index (χ0) is 11.4. The predicted molar refractivity (Wildman–Crippen MR) is 72.6 cm³/mol. The number of Topliss-reactive ketones (excluding diaryl/α,β-unsaturated/α-hetero) is 1. The molecule has 0 aliphatic heterocycles. The summed E-state index contributed by atoms with van der Waals surface area (Å²) >= 11 is 0. The number of hydrogen-bond acceptors (Lipinski definition) is 2. The highest BCUT2D eigenvalue weighted by Gasteiger charge is 2.05. The van der Waals surface area contributed by atoms with Gasteiger partial charge in [0.05, 0.1) is 0 Å². The summed E-state index contributed by atoms with van der Waals surface area (Å²) in [6.45, 7) is 0. The van der Waals surface area contributed by atoms with Gasteiger partial charge in [-0.1, -0.05) is 42.5 Å². The standard InChI is InChI=1S/C14H13NO.ClH/c15-13-8-4-5-11(9-13)10-14(16)12-6-2-1-3-7-12;/h1-9H,10,15H2;1H. The number of rotatable bonds is 3. The Labute approximate surface area is 107 Å². The van der Waals surface area contributed by atoms with Crippen molar-refractivity contribution >= 4 is 23.9 Å². The summed E-state index contributed by atoms with van der Waals surface area (Å²) in [4.78, 5) is 11.9. The number of ketones is 1. The Balaban J connectivity index is 0.00000144. The third-order valence-electron chi connectivity index (χ3n) is 2.41. The van der Waals surface area contributed by atoms with Gasteiger partial charge in [-0.2, -0.15) is 0 Å². The monoisotopic (exact) mass is 247 g/mol. The molecule has 2 N–H and O–H groups in total. The smallest absolute Gasteiger partial charge is 0.167 e. The second-order valence-corrected chi connectivity index (χ2v) is 3.71. The molecular weight excluding hydrogens is 234 g/mol. The third-order valence-corrected chi connectivity index (χ3v) is 2.41. The third kappa shape index (κ3) is 3.61. The molecule has 0 atom stereocenters. The van der Waals surface area contributed by atoms with Crippen molar-refractivity contribution in [1.29, 1.82) is 0 Å². The maximum Gasteiger partial charge on any atom is 0.167 e. The number of nitrogens with two attached hydrogens (primary N) is 1. The fourth-order valence-corrected chi connectivity index (χ4v) is 1.61. The van der Waals surface area contributed by atoms with E-state index in [-0.39, 0.29) is 18.2 Å². The number of nitrogen functional groups attached to an aromatic ring is 1. The van der Waals surface area contributed by atoms with Crippen molar-refractivity contribution in [3.63, 3.8) is 0 Å². The van der Waals surface area contributed by atoms with Crippen LogP contribution in [0.3, 0.4) is 0 Å². The summed E-state index contributed by atoms with van der Waals surface area (Å²) in [6.07, 6.45) is 0.398. The maximum absolute atomic E-state index is 11.9. The highest BCUT2D eigenvalue weighted by Crippen LogP contribution is 2.10. The lowest BCUT2D eigenvalue weighted by Gasteiger charge is -2.02. The van der Waals surface area contributed by atoms with Crippen molar-refractivity contribution in [3.8, 4) is 0 Å². The molecule has 0 aromatic heterocycles. The van der Waals surface area contributed by atoms with Crippen molar-refractivity contribution in [2.75, 3.05) is 5.73 Å². The van der Waals surface area contributed by atoms with E-state index in [0.717, 1.165) is 11.1 Å². The van der Waals surface area contributed by atoms with Crippen LogP contribution in [0.25, 0.3) is 0 Å². The second kappa shape index (κ2) is 6.06. The predicted octanol–water partition coefficient (Wildman–Crippen LogP) is 3.12. The van der Waals surface area contributed by atoms with Crippen molar-refractivity contribution in [2.45, 2.75) is 6.42 Å². The van der Waals surface area contributed by atoms with E-state index in [2.05, 4.69) is 0 Å². The van der Waals surface area contributed by atoms with Crippen LogP contribution in [-0.2, 0) is 6.42 Å². The molecule has 0 amide bonds. The lowest BCUT2D eigenvalue weighted by atomic mass is 10.0. The normalized spacial score (nSPS) is 9.41. The largest absolute Gasteiger partial charge is 0.399 e. The van der Waals surface area contributed by atoms with Crippen LogP contribution in [-0.4, -0.2) is 5.78 Å². The molecule has 88 valence electrons. The first-order chi connectivity index (χ1) is 7.75. The molecule has 0 aliphatic rings. The van der Waals surface area contributed by atoms with Crippen LogP contribution in [0.4, 0.5) is 5.69 Å². The Hall–Kier alpha value is -1.80. The van der Waals surface area contributed by atoms with E-state index < -0.39 is 0 Å². The van der Waals surface area contributed by atoms with Crippen LogP contribution in [0, 0.1) is 0 Å². The van der Waals surface area contributed by atoms with Gasteiger partial charge in [-0.3, -0.25) is 4.79 Å². The Morgan fingerprint density at radius 2 is 1.71 bits per heavy atom. The van der Waals surface area contributed by atoms with Crippen LogP contribution in [0.2, 0.25) is 0 Å². The van der Waals surface area contributed by atoms with E-state index in [1.165, 1.54) is 0 Å². The van der Waals surface area contributed by atoms with Gasteiger partial charge in [0.2, 0.25) is 0 Å². The second-order valence-electron chi connectivity index (χ2n) is 3.71. The number of halogens is 1. The van der Waals surface area contributed by atoms with Crippen LogP contribution >= 0.6 is 12.4 Å². The van der Waals surface area contributed by atoms with E-state index in [9.17, 15) is 4.79 Å². The van der Waals surface area contributed by atoms with Crippen LogP contribution in [0.5, 0.6) is 0 Å². The van der Waals surface area contributed by atoms with E-state index in [0.29, 0.717) is 12.1 Å². The topological polar surface area (TPSA) is 43.1 Å². The average molecular weight is 248 g/mol. The molecule has 3 heteroatoms. The average Bonchev–Trinajstić information content (AvgIpc) is 2.30. The first-order valence-corrected chi connectivity index (χ1v) is 5.18. The highest BCUT2D eigenvalue weighted by molar-refractivity contribution is 5.97. The molecule has 0 bridgehead atoms. The van der Waals surface area contributed by atoms with Gasteiger partial charge in [-0.05, 0) is 17.7 Å². The number of carbonyl (C=O) groups excluding carboxylic acids is 1. The maximum atomic E-state index is 11.9. The molecule has 0 heterocycles. The lowest BCUT2D eigenvalue weighted by molar-refractivity contribution is 0.0993. The Morgan fingerprint density at radius 1 is 1.00 bits per heavy atom. The zero-order valence-electron chi connectivity index (χ0n) is 9.30. The minimum absolute atomic E-state index is 0. The highest BCUT2D eigenvalue weighted by atomic mass is 35.5. The zero-order valence-corrected chi connectivity index (χ0v) is 10.1. The Kier molecular flexibility index (Phi) is 4.73. The first-order valence-electron chi connectivity index (χ1n) is 5.18. The van der Waals surface area contributed by atoms with Crippen LogP contribution < -0.4 is 5.73 Å². The van der Waals surface area contributed by atoms with E-state index in [1.807, 2.05) is 54.6 Å². The van der Waals surface area contributed by atoms with E-state index in [1.54, 1.807) is 0 Å². The van der Waals surface area contributed by atoms with Gasteiger partial charge in [0.1, 0.15) is 0 Å². The van der Waals surface area contributed by atoms with Gasteiger partial charge < -0.3 is 5.73 Å². The molecular formula is C14H14ClNO. The summed E-state index contributed by atoms with van der Waals surface area (Å²) in [7, 11) is 0. The number of anilines is 1. The van der Waals surface area contributed by atoms with Crippen molar-refractivity contribution < 1.29 is 4.79 Å². The SMILES string of the molecule is Cl.Nc1cccc(CC(=O)c2ccccc2)c1. The van der Waals surface area contributed by atoms with Crippen molar-refractivity contribution in [3.05, 3.63) is 65.7 Å². The number of carbonyl (C=O) groups is 1.